The first-order valence-electron chi connectivity index (χ1n) is 11.5. The van der Waals surface area contributed by atoms with Gasteiger partial charge in [-0.15, -0.1) is 0 Å². The second kappa shape index (κ2) is 8.97. The molecule has 7 heteroatoms. The highest BCUT2D eigenvalue weighted by Crippen LogP contribution is 2.29. The Kier molecular flexibility index (Phi) is 6.51. The number of amides is 1. The van der Waals surface area contributed by atoms with Crippen molar-refractivity contribution in [2.24, 2.45) is 5.92 Å². The van der Waals surface area contributed by atoms with Gasteiger partial charge in [-0.1, -0.05) is 17.7 Å². The predicted molar refractivity (Wildman–Crippen MR) is 118 cm³/mol. The van der Waals surface area contributed by atoms with Crippen LogP contribution in [0.15, 0.2) is 23.1 Å². The molecular weight excluding hydrogens is 398 g/mol. The molecule has 3 aliphatic rings. The zero-order valence-electron chi connectivity index (χ0n) is 18.3. The third-order valence-corrected chi connectivity index (χ3v) is 9.14. The maximum Gasteiger partial charge on any atom is 0.243 e. The molecule has 0 aromatic heterocycles. The van der Waals surface area contributed by atoms with E-state index >= 15 is 0 Å². The van der Waals surface area contributed by atoms with E-state index in [0.717, 1.165) is 50.1 Å². The number of carbonyl (C=O) groups is 1. The minimum absolute atomic E-state index is 0.0465. The van der Waals surface area contributed by atoms with E-state index in [9.17, 15) is 13.2 Å². The van der Waals surface area contributed by atoms with Crippen LogP contribution >= 0.6 is 0 Å². The molecule has 3 saturated heterocycles. The number of carbonyl (C=O) groups excluding carboxylic acids is 1. The van der Waals surface area contributed by atoms with Crippen LogP contribution in [0, 0.1) is 19.8 Å². The Labute approximate surface area is 181 Å². The number of hydrogen-bond acceptors (Lipinski definition) is 4. The number of nitrogens with zero attached hydrogens (tertiary/aromatic N) is 3. The molecule has 30 heavy (non-hydrogen) atoms. The van der Waals surface area contributed by atoms with Gasteiger partial charge >= 0.3 is 0 Å². The molecule has 0 saturated carbocycles. The highest BCUT2D eigenvalue weighted by Gasteiger charge is 2.38. The van der Waals surface area contributed by atoms with Crippen molar-refractivity contribution in [3.05, 3.63) is 29.3 Å². The van der Waals surface area contributed by atoms with E-state index in [1.807, 2.05) is 26.0 Å². The van der Waals surface area contributed by atoms with Gasteiger partial charge in [-0.3, -0.25) is 4.79 Å². The first-order valence-corrected chi connectivity index (χ1v) is 12.9. The molecule has 3 heterocycles. The summed E-state index contributed by atoms with van der Waals surface area (Å²) >= 11 is 0. The summed E-state index contributed by atoms with van der Waals surface area (Å²) in [7, 11) is -3.50. The van der Waals surface area contributed by atoms with Crippen LogP contribution in [0.1, 0.15) is 49.7 Å². The van der Waals surface area contributed by atoms with Crippen LogP contribution in [0.3, 0.4) is 0 Å². The van der Waals surface area contributed by atoms with Gasteiger partial charge in [-0.25, -0.2) is 8.42 Å². The van der Waals surface area contributed by atoms with Gasteiger partial charge < -0.3 is 9.80 Å². The molecule has 1 unspecified atom stereocenters. The normalized spacial score (nSPS) is 24.6. The molecule has 3 fully saturated rings. The molecule has 3 aliphatic heterocycles. The van der Waals surface area contributed by atoms with Crippen molar-refractivity contribution in [3.63, 3.8) is 0 Å². The number of sulfonamides is 1. The van der Waals surface area contributed by atoms with Gasteiger partial charge in [0.2, 0.25) is 15.9 Å². The fraction of sp³-hybridized carbons (Fsp3) is 0.696. The number of aryl methyl sites for hydroxylation is 2. The number of rotatable bonds is 5. The average Bonchev–Trinajstić information content (AvgIpc) is 3.40. The monoisotopic (exact) mass is 433 g/mol. The van der Waals surface area contributed by atoms with Gasteiger partial charge in [0.15, 0.2) is 0 Å². The van der Waals surface area contributed by atoms with E-state index in [2.05, 4.69) is 9.80 Å². The molecule has 0 N–H and O–H groups in total. The van der Waals surface area contributed by atoms with Crippen molar-refractivity contribution in [1.82, 2.24) is 14.1 Å². The summed E-state index contributed by atoms with van der Waals surface area (Å²) in [5, 5.41) is 0. The minimum atomic E-state index is -3.50. The first kappa shape index (κ1) is 21.8. The third-order valence-electron chi connectivity index (χ3n) is 7.08. The molecule has 1 amide bonds. The molecule has 166 valence electrons. The van der Waals surface area contributed by atoms with Crippen LogP contribution in [0.2, 0.25) is 0 Å². The number of hydrogen-bond donors (Lipinski definition) is 0. The Morgan fingerprint density at radius 3 is 2.33 bits per heavy atom. The molecule has 1 atom stereocenters. The maximum absolute atomic E-state index is 13.2. The van der Waals surface area contributed by atoms with E-state index in [4.69, 9.17) is 0 Å². The topological polar surface area (TPSA) is 60.9 Å². The van der Waals surface area contributed by atoms with Gasteiger partial charge in [-0.2, -0.15) is 4.31 Å². The highest BCUT2D eigenvalue weighted by molar-refractivity contribution is 7.89. The van der Waals surface area contributed by atoms with Gasteiger partial charge in [-0.05, 0) is 77.1 Å². The summed E-state index contributed by atoms with van der Waals surface area (Å²) in [6, 6.07) is 5.82. The SMILES string of the molecule is Cc1ccc(S(=O)(=O)N2CCC(C(=O)N3CCCC3CN3CCCC3)CC2)c(C)c1. The maximum atomic E-state index is 13.2. The van der Waals surface area contributed by atoms with E-state index in [-0.39, 0.29) is 11.8 Å². The van der Waals surface area contributed by atoms with Gasteiger partial charge in [0.25, 0.3) is 0 Å². The van der Waals surface area contributed by atoms with Gasteiger partial charge in [0.1, 0.15) is 0 Å². The lowest BCUT2D eigenvalue weighted by Gasteiger charge is -2.35. The van der Waals surface area contributed by atoms with E-state index < -0.39 is 10.0 Å². The summed E-state index contributed by atoms with van der Waals surface area (Å²) in [6.45, 7) is 8.86. The smallest absolute Gasteiger partial charge is 0.243 e. The Hall–Kier alpha value is -1.44. The molecule has 0 bridgehead atoms. The lowest BCUT2D eigenvalue weighted by Crippen LogP contribution is -2.48. The highest BCUT2D eigenvalue weighted by atomic mass is 32.2. The van der Waals surface area contributed by atoms with Gasteiger partial charge in [0.05, 0.1) is 4.90 Å². The van der Waals surface area contributed by atoms with Crippen molar-refractivity contribution >= 4 is 15.9 Å². The zero-order chi connectivity index (χ0) is 21.3. The van der Waals surface area contributed by atoms with Gasteiger partial charge in [0, 0.05) is 38.1 Å². The summed E-state index contributed by atoms with van der Waals surface area (Å²) in [4.78, 5) is 18.2. The Morgan fingerprint density at radius 1 is 0.967 bits per heavy atom. The van der Waals surface area contributed by atoms with Crippen molar-refractivity contribution in [2.75, 3.05) is 39.3 Å². The summed E-state index contributed by atoms with van der Waals surface area (Å²) in [5.74, 6) is 0.204. The second-order valence-electron chi connectivity index (χ2n) is 9.28. The quantitative estimate of drug-likeness (QED) is 0.716. The van der Waals surface area contributed by atoms with Crippen molar-refractivity contribution in [2.45, 2.75) is 63.3 Å². The number of piperidine rings is 1. The van der Waals surface area contributed by atoms with Crippen molar-refractivity contribution < 1.29 is 13.2 Å². The summed E-state index contributed by atoms with van der Waals surface area (Å²) in [5.41, 5.74) is 1.85. The minimum Gasteiger partial charge on any atom is -0.338 e. The van der Waals surface area contributed by atoms with E-state index in [1.165, 1.54) is 12.8 Å². The van der Waals surface area contributed by atoms with Crippen molar-refractivity contribution in [1.29, 1.82) is 0 Å². The second-order valence-corrected chi connectivity index (χ2v) is 11.2. The molecule has 1 aromatic rings. The fourth-order valence-electron chi connectivity index (χ4n) is 5.38. The lowest BCUT2D eigenvalue weighted by atomic mass is 9.96. The third kappa shape index (κ3) is 4.43. The fourth-order valence-corrected chi connectivity index (χ4v) is 7.06. The molecule has 1 aromatic carbocycles. The molecular formula is C23H35N3O3S. The Balaban J connectivity index is 1.37. The summed E-state index contributed by atoms with van der Waals surface area (Å²) < 4.78 is 27.8. The first-order chi connectivity index (χ1) is 14.4. The standard InChI is InChI=1S/C23H35N3O3S/c1-18-7-8-22(19(2)16-18)30(28,29)25-14-9-20(10-15-25)23(27)26-13-5-6-21(26)17-24-11-3-4-12-24/h7-8,16,20-21H,3-6,9-15,17H2,1-2H3. The van der Waals surface area contributed by atoms with Crippen LogP contribution in [0.25, 0.3) is 0 Å². The van der Waals surface area contributed by atoms with Crippen LogP contribution in [0.4, 0.5) is 0 Å². The number of benzene rings is 1. The zero-order valence-corrected chi connectivity index (χ0v) is 19.2. The lowest BCUT2D eigenvalue weighted by molar-refractivity contribution is -0.137. The Morgan fingerprint density at radius 2 is 1.67 bits per heavy atom. The van der Waals surface area contributed by atoms with Crippen LogP contribution in [0.5, 0.6) is 0 Å². The predicted octanol–water partition coefficient (Wildman–Crippen LogP) is 2.79. The summed E-state index contributed by atoms with van der Waals surface area (Å²) in [6.07, 6.45) is 5.97. The van der Waals surface area contributed by atoms with Crippen molar-refractivity contribution in [3.8, 4) is 0 Å². The van der Waals surface area contributed by atoms with E-state index in [1.54, 1.807) is 10.4 Å². The molecule has 0 radical (unpaired) electrons. The molecule has 6 nitrogen and oxygen atoms in total. The van der Waals surface area contributed by atoms with Crippen LogP contribution < -0.4 is 0 Å². The average molecular weight is 434 g/mol. The molecule has 4 rings (SSSR count). The molecule has 0 spiro atoms. The number of likely N-dealkylation sites (tertiary alicyclic amines) is 2. The van der Waals surface area contributed by atoms with Crippen LogP contribution in [-0.4, -0.2) is 73.7 Å². The van der Waals surface area contributed by atoms with Crippen LogP contribution in [-0.2, 0) is 14.8 Å². The van der Waals surface area contributed by atoms with E-state index in [0.29, 0.717) is 36.9 Å². The Bertz CT molecular complexity index is 872. The largest absolute Gasteiger partial charge is 0.338 e. The molecule has 0 aliphatic carbocycles.